The second kappa shape index (κ2) is 6.38. The zero-order chi connectivity index (χ0) is 13.7. The molecule has 0 radical (unpaired) electrons. The van der Waals surface area contributed by atoms with Crippen molar-refractivity contribution in [2.75, 3.05) is 0 Å². The van der Waals surface area contributed by atoms with Gasteiger partial charge in [-0.25, -0.2) is 0 Å². The van der Waals surface area contributed by atoms with E-state index in [1.165, 1.54) is 5.69 Å². The third kappa shape index (κ3) is 4.02. The van der Waals surface area contributed by atoms with Crippen molar-refractivity contribution >= 4 is 0 Å². The van der Waals surface area contributed by atoms with E-state index in [2.05, 4.69) is 37.9 Å². The molecule has 2 aromatic heterocycles. The Balaban J connectivity index is 0.000000180. The van der Waals surface area contributed by atoms with Crippen LogP contribution in [0.25, 0.3) is 0 Å². The lowest BCUT2D eigenvalue weighted by atomic mass is 10.1. The van der Waals surface area contributed by atoms with Gasteiger partial charge in [0.25, 0.3) is 0 Å². The summed E-state index contributed by atoms with van der Waals surface area (Å²) in [6.45, 7) is 8.61. The maximum absolute atomic E-state index is 4.23. The van der Waals surface area contributed by atoms with Crippen LogP contribution in [-0.2, 0) is 14.1 Å². The van der Waals surface area contributed by atoms with E-state index in [1.807, 2.05) is 48.0 Å². The Morgan fingerprint density at radius 1 is 1.00 bits per heavy atom. The van der Waals surface area contributed by atoms with Crippen LogP contribution < -0.4 is 0 Å². The first-order valence-corrected chi connectivity index (χ1v) is 6.39. The van der Waals surface area contributed by atoms with Gasteiger partial charge in [-0.2, -0.15) is 10.2 Å². The molecule has 100 valence electrons. The Morgan fingerprint density at radius 2 is 1.67 bits per heavy atom. The van der Waals surface area contributed by atoms with Crippen LogP contribution >= 0.6 is 0 Å². The Morgan fingerprint density at radius 3 is 1.89 bits per heavy atom. The van der Waals surface area contributed by atoms with Crippen molar-refractivity contribution in [2.24, 2.45) is 14.1 Å². The minimum absolute atomic E-state index is 0.547. The van der Waals surface area contributed by atoms with Crippen LogP contribution in [0.3, 0.4) is 0 Å². The molecule has 4 heteroatoms. The fourth-order valence-electron chi connectivity index (χ4n) is 1.69. The first-order valence-electron chi connectivity index (χ1n) is 6.39. The smallest absolute Gasteiger partial charge is 0.0649 e. The van der Waals surface area contributed by atoms with E-state index in [9.17, 15) is 0 Å². The van der Waals surface area contributed by atoms with E-state index in [1.54, 1.807) is 0 Å². The van der Waals surface area contributed by atoms with Crippen LogP contribution in [0, 0.1) is 0 Å². The molecule has 2 heterocycles. The molecule has 0 saturated carbocycles. The summed E-state index contributed by atoms with van der Waals surface area (Å²) >= 11 is 0. The highest BCUT2D eigenvalue weighted by Gasteiger charge is 2.01. The average molecular weight is 248 g/mol. The topological polar surface area (TPSA) is 35.6 Å². The van der Waals surface area contributed by atoms with Crippen molar-refractivity contribution in [3.63, 3.8) is 0 Å². The average Bonchev–Trinajstić information content (AvgIpc) is 2.87. The summed E-state index contributed by atoms with van der Waals surface area (Å²) in [5.41, 5.74) is 2.45. The lowest BCUT2D eigenvalue weighted by Crippen LogP contribution is -1.98. The van der Waals surface area contributed by atoms with Gasteiger partial charge in [0.15, 0.2) is 0 Å². The number of aryl methyl sites for hydroxylation is 2. The SMILES string of the molecule is CC(C)c1ccn(C)n1.CC(C)c1ccnn1C. The van der Waals surface area contributed by atoms with Crippen molar-refractivity contribution in [2.45, 2.75) is 39.5 Å². The molecule has 0 amide bonds. The minimum Gasteiger partial charge on any atom is -0.276 e. The number of hydrogen-bond acceptors (Lipinski definition) is 2. The Kier molecular flexibility index (Phi) is 5.13. The maximum atomic E-state index is 4.23. The van der Waals surface area contributed by atoms with Gasteiger partial charge in [-0.1, -0.05) is 27.7 Å². The molecule has 0 spiro atoms. The van der Waals surface area contributed by atoms with Crippen LogP contribution in [0.5, 0.6) is 0 Å². The van der Waals surface area contributed by atoms with Gasteiger partial charge in [0, 0.05) is 32.2 Å². The molecule has 0 N–H and O–H groups in total. The van der Waals surface area contributed by atoms with Gasteiger partial charge in [0.2, 0.25) is 0 Å². The van der Waals surface area contributed by atoms with Gasteiger partial charge in [-0.3, -0.25) is 9.36 Å². The van der Waals surface area contributed by atoms with Gasteiger partial charge < -0.3 is 0 Å². The molecule has 2 aromatic rings. The third-order valence-electron chi connectivity index (χ3n) is 2.78. The molecule has 0 aliphatic rings. The molecule has 0 fully saturated rings. The molecule has 0 bridgehead atoms. The predicted molar refractivity (Wildman–Crippen MR) is 74.6 cm³/mol. The summed E-state index contributed by atoms with van der Waals surface area (Å²) in [6.07, 6.45) is 3.80. The summed E-state index contributed by atoms with van der Waals surface area (Å²) in [7, 11) is 3.90. The molecule has 0 aliphatic heterocycles. The van der Waals surface area contributed by atoms with Gasteiger partial charge in [0.1, 0.15) is 0 Å². The van der Waals surface area contributed by atoms with Gasteiger partial charge in [-0.05, 0) is 24.0 Å². The third-order valence-corrected chi connectivity index (χ3v) is 2.78. The van der Waals surface area contributed by atoms with E-state index in [4.69, 9.17) is 0 Å². The fraction of sp³-hybridized carbons (Fsp3) is 0.571. The minimum atomic E-state index is 0.547. The number of hydrogen-bond donors (Lipinski definition) is 0. The lowest BCUT2D eigenvalue weighted by molar-refractivity contribution is 0.669. The fourth-order valence-corrected chi connectivity index (χ4v) is 1.69. The summed E-state index contributed by atoms with van der Waals surface area (Å²) in [5.74, 6) is 1.13. The van der Waals surface area contributed by atoms with Crippen LogP contribution in [-0.4, -0.2) is 19.6 Å². The van der Waals surface area contributed by atoms with Crippen LogP contribution in [0.4, 0.5) is 0 Å². The highest BCUT2D eigenvalue weighted by molar-refractivity contribution is 5.04. The van der Waals surface area contributed by atoms with Crippen molar-refractivity contribution in [1.29, 1.82) is 0 Å². The van der Waals surface area contributed by atoms with Gasteiger partial charge in [-0.15, -0.1) is 0 Å². The molecule has 0 aliphatic carbocycles. The molecule has 0 unspecified atom stereocenters. The van der Waals surface area contributed by atoms with Crippen molar-refractivity contribution < 1.29 is 0 Å². The van der Waals surface area contributed by atoms with E-state index in [0.29, 0.717) is 11.8 Å². The van der Waals surface area contributed by atoms with Crippen molar-refractivity contribution in [3.8, 4) is 0 Å². The molecular weight excluding hydrogens is 224 g/mol. The Labute approximate surface area is 110 Å². The summed E-state index contributed by atoms with van der Waals surface area (Å²) < 4.78 is 3.74. The van der Waals surface area contributed by atoms with Crippen molar-refractivity contribution in [3.05, 3.63) is 35.9 Å². The maximum Gasteiger partial charge on any atom is 0.0649 e. The molecule has 18 heavy (non-hydrogen) atoms. The molecular formula is C14H24N4. The lowest BCUT2D eigenvalue weighted by Gasteiger charge is -2.02. The quantitative estimate of drug-likeness (QED) is 0.818. The summed E-state index contributed by atoms with van der Waals surface area (Å²) in [5, 5.41) is 8.28. The molecule has 2 rings (SSSR count). The van der Waals surface area contributed by atoms with Crippen molar-refractivity contribution in [1.82, 2.24) is 19.6 Å². The zero-order valence-corrected chi connectivity index (χ0v) is 12.3. The second-order valence-electron chi connectivity index (χ2n) is 5.10. The summed E-state index contributed by atoms with van der Waals surface area (Å²) in [6, 6.07) is 4.09. The molecule has 4 nitrogen and oxygen atoms in total. The number of nitrogens with zero attached hydrogens (tertiary/aromatic N) is 4. The Bertz CT molecular complexity index is 466. The monoisotopic (exact) mass is 248 g/mol. The highest BCUT2D eigenvalue weighted by Crippen LogP contribution is 2.10. The molecule has 0 aromatic carbocycles. The van der Waals surface area contributed by atoms with Gasteiger partial charge >= 0.3 is 0 Å². The molecule has 0 saturated heterocycles. The normalized spacial score (nSPS) is 10.7. The molecule has 0 atom stereocenters. The van der Waals surface area contributed by atoms with E-state index >= 15 is 0 Å². The van der Waals surface area contributed by atoms with Crippen LogP contribution in [0.15, 0.2) is 24.5 Å². The number of rotatable bonds is 2. The largest absolute Gasteiger partial charge is 0.276 e. The Hall–Kier alpha value is -1.58. The van der Waals surface area contributed by atoms with Gasteiger partial charge in [0.05, 0.1) is 5.69 Å². The van der Waals surface area contributed by atoms with E-state index in [0.717, 1.165) is 5.69 Å². The van der Waals surface area contributed by atoms with Crippen LogP contribution in [0.2, 0.25) is 0 Å². The second-order valence-corrected chi connectivity index (χ2v) is 5.10. The van der Waals surface area contributed by atoms with E-state index < -0.39 is 0 Å². The zero-order valence-electron chi connectivity index (χ0n) is 12.3. The summed E-state index contributed by atoms with van der Waals surface area (Å²) in [4.78, 5) is 0. The first kappa shape index (κ1) is 14.5. The number of aromatic nitrogens is 4. The predicted octanol–water partition coefficient (Wildman–Crippen LogP) is 3.09. The highest BCUT2D eigenvalue weighted by atomic mass is 15.3. The van der Waals surface area contributed by atoms with Crippen LogP contribution in [0.1, 0.15) is 50.9 Å². The first-order chi connectivity index (χ1) is 8.41. The van der Waals surface area contributed by atoms with E-state index in [-0.39, 0.29) is 0 Å². The standard InChI is InChI=1S/2C7H12N2/c1-6(2)7-4-5-9(3)8-7;1-6(2)7-4-5-8-9(7)3/h2*4-6H,1-3H3.